The third kappa shape index (κ3) is 2.74. The molecule has 0 bridgehead atoms. The minimum absolute atomic E-state index is 0.0424. The van der Waals surface area contributed by atoms with Crippen LogP contribution >= 0.6 is 22.9 Å². The molecule has 1 aliphatic heterocycles. The number of thiophene rings is 1. The number of halogens is 1. The van der Waals surface area contributed by atoms with Crippen LogP contribution in [-0.2, 0) is 13.0 Å². The van der Waals surface area contributed by atoms with Crippen molar-refractivity contribution in [1.29, 1.82) is 0 Å². The van der Waals surface area contributed by atoms with Gasteiger partial charge in [-0.2, -0.15) is 0 Å². The van der Waals surface area contributed by atoms with Crippen molar-refractivity contribution < 1.29 is 4.79 Å². The summed E-state index contributed by atoms with van der Waals surface area (Å²) in [6.45, 7) is 1.47. The van der Waals surface area contributed by atoms with Gasteiger partial charge in [-0.05, 0) is 42.3 Å². The van der Waals surface area contributed by atoms with E-state index < -0.39 is 0 Å². The van der Waals surface area contributed by atoms with Gasteiger partial charge in [-0.3, -0.25) is 4.79 Å². The summed E-state index contributed by atoms with van der Waals surface area (Å²) in [5, 5.41) is 6.19. The average molecular weight is 293 g/mol. The number of hydrogen-bond acceptors (Lipinski definition) is 3. The van der Waals surface area contributed by atoms with Crippen molar-refractivity contribution in [3.8, 4) is 0 Å². The van der Waals surface area contributed by atoms with Crippen LogP contribution in [0.25, 0.3) is 0 Å². The second-order valence-corrected chi connectivity index (χ2v) is 6.24. The lowest BCUT2D eigenvalue weighted by Gasteiger charge is -2.06. The van der Waals surface area contributed by atoms with E-state index in [-0.39, 0.29) is 5.91 Å². The van der Waals surface area contributed by atoms with Crippen LogP contribution < -0.4 is 10.6 Å². The average Bonchev–Trinajstić information content (AvgIpc) is 3.03. The van der Waals surface area contributed by atoms with Crippen molar-refractivity contribution in [2.75, 3.05) is 11.9 Å². The van der Waals surface area contributed by atoms with Crippen molar-refractivity contribution in [2.24, 2.45) is 0 Å². The van der Waals surface area contributed by atoms with Gasteiger partial charge in [0.05, 0.1) is 10.9 Å². The predicted molar refractivity (Wildman–Crippen MR) is 79.1 cm³/mol. The van der Waals surface area contributed by atoms with Crippen LogP contribution in [-0.4, -0.2) is 12.5 Å². The molecule has 1 aromatic heterocycles. The van der Waals surface area contributed by atoms with Gasteiger partial charge >= 0.3 is 0 Å². The molecular formula is C14H13ClN2OS. The molecule has 1 amide bonds. The molecule has 2 N–H and O–H groups in total. The first kappa shape index (κ1) is 12.5. The molecule has 2 aromatic rings. The molecule has 0 unspecified atom stereocenters. The van der Waals surface area contributed by atoms with E-state index in [4.69, 9.17) is 11.6 Å². The van der Waals surface area contributed by atoms with Crippen LogP contribution in [0.5, 0.6) is 0 Å². The van der Waals surface area contributed by atoms with E-state index in [2.05, 4.69) is 10.6 Å². The van der Waals surface area contributed by atoms with Gasteiger partial charge in [0.2, 0.25) is 0 Å². The Morgan fingerprint density at radius 1 is 1.37 bits per heavy atom. The molecule has 0 atom stereocenters. The van der Waals surface area contributed by atoms with Crippen molar-refractivity contribution in [1.82, 2.24) is 5.32 Å². The summed E-state index contributed by atoms with van der Waals surface area (Å²) in [5.74, 6) is -0.0424. The Balaban J connectivity index is 1.67. The maximum atomic E-state index is 12.1. The molecule has 3 rings (SSSR count). The highest BCUT2D eigenvalue weighted by molar-refractivity contribution is 7.16. The fraction of sp³-hybridized carbons (Fsp3) is 0.214. The van der Waals surface area contributed by atoms with Crippen LogP contribution in [0.1, 0.15) is 20.8 Å². The Hall–Kier alpha value is -1.52. The monoisotopic (exact) mass is 292 g/mol. The number of nitrogens with one attached hydrogen (secondary N) is 2. The van der Waals surface area contributed by atoms with E-state index in [1.165, 1.54) is 16.9 Å². The highest BCUT2D eigenvalue weighted by atomic mass is 35.5. The van der Waals surface area contributed by atoms with Crippen LogP contribution in [0.3, 0.4) is 0 Å². The first-order valence-electron chi connectivity index (χ1n) is 6.11. The van der Waals surface area contributed by atoms with E-state index in [1.54, 1.807) is 0 Å². The molecule has 0 aliphatic carbocycles. The molecule has 0 spiro atoms. The second-order valence-electron chi connectivity index (χ2n) is 4.44. The summed E-state index contributed by atoms with van der Waals surface area (Å²) >= 11 is 7.34. The second kappa shape index (κ2) is 5.23. The highest BCUT2D eigenvalue weighted by Crippen LogP contribution is 2.23. The highest BCUT2D eigenvalue weighted by Gasteiger charge is 2.13. The van der Waals surface area contributed by atoms with Crippen LogP contribution in [0, 0.1) is 0 Å². The predicted octanol–water partition coefficient (Wildman–Crippen LogP) is 3.30. The summed E-state index contributed by atoms with van der Waals surface area (Å²) in [6, 6.07) is 9.56. The van der Waals surface area contributed by atoms with E-state index in [9.17, 15) is 4.79 Å². The molecular weight excluding hydrogens is 280 g/mol. The van der Waals surface area contributed by atoms with Crippen molar-refractivity contribution in [3.05, 3.63) is 50.7 Å². The largest absolute Gasteiger partial charge is 0.384 e. The quantitative estimate of drug-likeness (QED) is 0.911. The lowest BCUT2D eigenvalue weighted by Crippen LogP contribution is -2.22. The maximum Gasteiger partial charge on any atom is 0.251 e. The van der Waals surface area contributed by atoms with Gasteiger partial charge in [-0.15, -0.1) is 11.3 Å². The maximum absolute atomic E-state index is 12.1. The standard InChI is InChI=1S/C14H13ClN2OS/c15-13-4-2-11(19-13)8-17-14(18)10-1-3-12-9(7-10)5-6-16-12/h1-4,7,16H,5-6,8H2,(H,17,18). The SMILES string of the molecule is O=C(NCc1ccc(Cl)s1)c1ccc2c(c1)CCN2. The molecule has 3 nitrogen and oxygen atoms in total. The zero-order valence-corrected chi connectivity index (χ0v) is 11.8. The van der Waals surface area contributed by atoms with Crippen molar-refractivity contribution in [2.45, 2.75) is 13.0 Å². The topological polar surface area (TPSA) is 41.1 Å². The number of rotatable bonds is 3. The lowest BCUT2D eigenvalue weighted by atomic mass is 10.1. The van der Waals surface area contributed by atoms with Gasteiger partial charge in [0.15, 0.2) is 0 Å². The van der Waals surface area contributed by atoms with E-state index in [1.807, 2.05) is 30.3 Å². The number of carbonyl (C=O) groups is 1. The fourth-order valence-electron chi connectivity index (χ4n) is 2.16. The minimum Gasteiger partial charge on any atom is -0.384 e. The molecule has 1 aliphatic rings. The first-order valence-corrected chi connectivity index (χ1v) is 7.31. The zero-order chi connectivity index (χ0) is 13.2. The number of carbonyl (C=O) groups excluding carboxylic acids is 1. The van der Waals surface area contributed by atoms with Gasteiger partial charge in [0.1, 0.15) is 0 Å². The normalized spacial score (nSPS) is 12.9. The van der Waals surface area contributed by atoms with Gasteiger partial charge in [-0.25, -0.2) is 0 Å². The molecule has 0 fully saturated rings. The van der Waals surface area contributed by atoms with Crippen molar-refractivity contribution in [3.63, 3.8) is 0 Å². The number of amides is 1. The number of hydrogen-bond donors (Lipinski definition) is 2. The van der Waals surface area contributed by atoms with Gasteiger partial charge in [0.25, 0.3) is 5.91 Å². The Bertz CT molecular complexity index is 624. The van der Waals surface area contributed by atoms with E-state index in [0.717, 1.165) is 27.9 Å². The molecule has 98 valence electrons. The van der Waals surface area contributed by atoms with Gasteiger partial charge < -0.3 is 10.6 Å². The van der Waals surface area contributed by atoms with Crippen LogP contribution in [0.15, 0.2) is 30.3 Å². The molecule has 0 radical (unpaired) electrons. The summed E-state index contributed by atoms with van der Waals surface area (Å²) in [6.07, 6.45) is 0.983. The van der Waals surface area contributed by atoms with E-state index in [0.29, 0.717) is 12.1 Å². The summed E-state index contributed by atoms with van der Waals surface area (Å²) in [5.41, 5.74) is 3.07. The third-order valence-electron chi connectivity index (χ3n) is 3.13. The summed E-state index contributed by atoms with van der Waals surface area (Å²) < 4.78 is 0.743. The molecule has 19 heavy (non-hydrogen) atoms. The zero-order valence-electron chi connectivity index (χ0n) is 10.2. The molecule has 1 aromatic carbocycles. The van der Waals surface area contributed by atoms with Gasteiger partial charge in [-0.1, -0.05) is 11.6 Å². The third-order valence-corrected chi connectivity index (χ3v) is 4.36. The van der Waals surface area contributed by atoms with E-state index >= 15 is 0 Å². The Labute approximate surface area is 120 Å². The molecule has 0 saturated heterocycles. The fourth-order valence-corrected chi connectivity index (χ4v) is 3.19. The molecule has 2 heterocycles. The smallest absolute Gasteiger partial charge is 0.251 e. The Kier molecular flexibility index (Phi) is 3.44. The first-order chi connectivity index (χ1) is 9.22. The van der Waals surface area contributed by atoms with Gasteiger partial charge in [0, 0.05) is 22.7 Å². The van der Waals surface area contributed by atoms with Crippen LogP contribution in [0.4, 0.5) is 5.69 Å². The lowest BCUT2D eigenvalue weighted by molar-refractivity contribution is 0.0951. The number of benzene rings is 1. The Morgan fingerprint density at radius 3 is 3.05 bits per heavy atom. The summed E-state index contributed by atoms with van der Waals surface area (Å²) in [4.78, 5) is 13.1. The number of fused-ring (bicyclic) bond motifs is 1. The number of anilines is 1. The molecule has 0 saturated carbocycles. The summed E-state index contributed by atoms with van der Waals surface area (Å²) in [7, 11) is 0. The van der Waals surface area contributed by atoms with Crippen molar-refractivity contribution >= 4 is 34.5 Å². The molecule has 5 heteroatoms. The Morgan fingerprint density at radius 2 is 2.26 bits per heavy atom. The van der Waals surface area contributed by atoms with Crippen LogP contribution in [0.2, 0.25) is 4.34 Å². The minimum atomic E-state index is -0.0424.